The van der Waals surface area contributed by atoms with Crippen molar-refractivity contribution in [3.63, 3.8) is 0 Å². The first-order valence-corrected chi connectivity index (χ1v) is 19.8. The van der Waals surface area contributed by atoms with Gasteiger partial charge in [0.1, 0.15) is 23.6 Å². The molecule has 16 nitrogen and oxygen atoms in total. The number of Topliss-reactive ketones (excluding diaryl/α,β-unsaturated/α-hetero) is 1. The van der Waals surface area contributed by atoms with E-state index in [1.165, 1.54) is 18.2 Å². The third-order valence-corrected chi connectivity index (χ3v) is 12.2. The number of benzene rings is 1. The lowest BCUT2D eigenvalue weighted by atomic mass is 9.92. The summed E-state index contributed by atoms with van der Waals surface area (Å²) in [6.45, 7) is 9.21. The van der Waals surface area contributed by atoms with E-state index in [4.69, 9.17) is 9.73 Å². The van der Waals surface area contributed by atoms with Crippen molar-refractivity contribution in [1.82, 2.24) is 25.2 Å². The van der Waals surface area contributed by atoms with Gasteiger partial charge >= 0.3 is 12.2 Å². The molecule has 0 spiro atoms. The number of hydrogen-bond donors (Lipinski definition) is 4. The molecule has 55 heavy (non-hydrogen) atoms. The third kappa shape index (κ3) is 8.55. The highest BCUT2D eigenvalue weighted by atomic mass is 32.2. The normalized spacial score (nSPS) is 26.3. The minimum atomic E-state index is -4.14. The maximum absolute atomic E-state index is 16.9. The molecule has 4 N–H and O–H groups in total. The maximum atomic E-state index is 16.9. The zero-order chi connectivity index (χ0) is 40.0. The van der Waals surface area contributed by atoms with Gasteiger partial charge in [0.2, 0.25) is 10.0 Å². The van der Waals surface area contributed by atoms with Crippen LogP contribution in [0.2, 0.25) is 0 Å². The van der Waals surface area contributed by atoms with Crippen LogP contribution in [0.15, 0.2) is 41.1 Å². The molecule has 5 atom stereocenters. The van der Waals surface area contributed by atoms with Crippen molar-refractivity contribution in [2.24, 2.45) is 10.9 Å². The van der Waals surface area contributed by atoms with Gasteiger partial charge in [-0.2, -0.15) is 0 Å². The van der Waals surface area contributed by atoms with Crippen LogP contribution in [0.3, 0.4) is 0 Å². The first kappa shape index (κ1) is 39.9. The number of alkyl carbamates (subject to hydrolysis) is 1. The van der Waals surface area contributed by atoms with Crippen LogP contribution in [0.5, 0.6) is 0 Å². The van der Waals surface area contributed by atoms with Crippen LogP contribution in [-0.2, 0) is 29.1 Å². The van der Waals surface area contributed by atoms with Crippen molar-refractivity contribution in [2.75, 3.05) is 13.1 Å². The Balaban J connectivity index is 1.37. The van der Waals surface area contributed by atoms with Gasteiger partial charge < -0.3 is 9.84 Å². The lowest BCUT2D eigenvalue weighted by molar-refractivity contribution is -0.123. The van der Waals surface area contributed by atoms with Crippen molar-refractivity contribution in [2.45, 2.75) is 107 Å². The number of fused-ring (bicyclic) bond motifs is 2. The average molecular weight is 785 g/mol. The standard InChI is InChI=1S/C37H45FN6O10S/c1-5-27(45)21-14-15-39-32(41-35(49)54-37(2,3)4)28(46)13-12-26(43-16-6-7-19(43)18-40-25-17-24(21)25)22-10-11-23-29(30(22)38)34(48)44(36(50)51)31(23)33(47)42-55(52,53)20-8-9-20/h5,10-11,18-21,26,31-32,39H,1,6-9,12-17H2,2-4H3,(H,41,49)(H,42,47)(H,50,51)/t19-,21?,26+,31+,32-/m0/s1. The SMILES string of the molecule is C=CC(=O)C1CCN[C@@H](NC(=O)OC(C)(C)C)C(=O)CC[C@H](c2ccc3c(c2F)C(=O)N(C(=O)O)[C@H]3C(=O)NS(=O)(=O)C2CC2)N2CCC[C@H]2C=NC2=C1C2. The van der Waals surface area contributed by atoms with Gasteiger partial charge in [0.05, 0.1) is 10.8 Å². The number of halogens is 1. The molecule has 18 heteroatoms. The lowest BCUT2D eigenvalue weighted by Gasteiger charge is -2.33. The summed E-state index contributed by atoms with van der Waals surface area (Å²) in [7, 11) is -4.14. The summed E-state index contributed by atoms with van der Waals surface area (Å²) in [6.07, 6.45) is 1.48. The Labute approximate surface area is 317 Å². The highest BCUT2D eigenvalue weighted by Gasteiger charge is 2.50. The van der Waals surface area contributed by atoms with Gasteiger partial charge in [-0.25, -0.2) is 27.3 Å². The zero-order valence-electron chi connectivity index (χ0n) is 30.8. The molecule has 1 saturated carbocycles. The van der Waals surface area contributed by atoms with E-state index < -0.39 is 86.2 Å². The molecule has 5 aliphatic rings. The van der Waals surface area contributed by atoms with Gasteiger partial charge in [-0.05, 0) is 84.0 Å². The summed E-state index contributed by atoms with van der Waals surface area (Å²) in [4.78, 5) is 85.5. The molecule has 0 radical (unpaired) electrons. The molecule has 2 aliphatic carbocycles. The second-order valence-corrected chi connectivity index (χ2v) is 17.3. The highest BCUT2D eigenvalue weighted by molar-refractivity contribution is 7.90. The summed E-state index contributed by atoms with van der Waals surface area (Å²) in [5.41, 5.74) is -0.358. The number of aliphatic imine (C=N–C) groups is 1. The fraction of sp³-hybridized carbons (Fsp3) is 0.541. The van der Waals surface area contributed by atoms with Gasteiger partial charge in [0, 0.05) is 53.9 Å². The number of hydrogen-bond acceptors (Lipinski definition) is 12. The van der Waals surface area contributed by atoms with Gasteiger partial charge in [-0.15, -0.1) is 0 Å². The second-order valence-electron chi connectivity index (χ2n) is 15.4. The van der Waals surface area contributed by atoms with Crippen molar-refractivity contribution in [1.29, 1.82) is 0 Å². The fourth-order valence-corrected chi connectivity index (χ4v) is 8.84. The zero-order valence-corrected chi connectivity index (χ0v) is 31.6. The van der Waals surface area contributed by atoms with E-state index in [2.05, 4.69) is 17.2 Å². The molecule has 3 aliphatic heterocycles. The summed E-state index contributed by atoms with van der Waals surface area (Å²) < 4.78 is 49.3. The van der Waals surface area contributed by atoms with Crippen LogP contribution in [-0.4, -0.2) is 101 Å². The van der Waals surface area contributed by atoms with E-state index in [0.29, 0.717) is 45.1 Å². The predicted octanol–water partition coefficient (Wildman–Crippen LogP) is 3.41. The number of ketones is 2. The topological polar surface area (TPSA) is 221 Å². The molecule has 1 aromatic rings. The van der Waals surface area contributed by atoms with Crippen LogP contribution in [0.4, 0.5) is 14.0 Å². The maximum Gasteiger partial charge on any atom is 0.415 e. The van der Waals surface area contributed by atoms with Gasteiger partial charge in [0.15, 0.2) is 11.6 Å². The molecule has 6 rings (SSSR count). The Morgan fingerprint density at radius 1 is 1.09 bits per heavy atom. The summed E-state index contributed by atoms with van der Waals surface area (Å²) >= 11 is 0. The summed E-state index contributed by atoms with van der Waals surface area (Å²) in [5.74, 6) is -4.95. The van der Waals surface area contributed by atoms with Crippen LogP contribution in [0, 0.1) is 11.7 Å². The first-order chi connectivity index (χ1) is 25.9. The number of nitrogens with one attached hydrogen (secondary N) is 3. The Morgan fingerprint density at radius 3 is 2.45 bits per heavy atom. The molecular formula is C37H45FN6O10S. The van der Waals surface area contributed by atoms with E-state index in [-0.39, 0.29) is 47.2 Å². The minimum Gasteiger partial charge on any atom is -0.465 e. The number of sulfonamides is 1. The largest absolute Gasteiger partial charge is 0.465 e. The number of ether oxygens (including phenoxy) is 1. The predicted molar refractivity (Wildman–Crippen MR) is 195 cm³/mol. The van der Waals surface area contributed by atoms with E-state index >= 15 is 4.39 Å². The molecular weight excluding hydrogens is 740 g/mol. The van der Waals surface area contributed by atoms with Crippen molar-refractivity contribution in [3.8, 4) is 0 Å². The molecule has 2 fully saturated rings. The molecule has 3 heterocycles. The number of rotatable bonds is 7. The van der Waals surface area contributed by atoms with Gasteiger partial charge in [0.25, 0.3) is 11.8 Å². The fourth-order valence-electron chi connectivity index (χ4n) is 7.52. The molecule has 4 amide bonds. The van der Waals surface area contributed by atoms with E-state index in [1.54, 1.807) is 27.0 Å². The van der Waals surface area contributed by atoms with Crippen LogP contribution < -0.4 is 15.4 Å². The Morgan fingerprint density at radius 2 is 1.80 bits per heavy atom. The van der Waals surface area contributed by atoms with Gasteiger partial charge in [-0.3, -0.25) is 44.4 Å². The quantitative estimate of drug-likeness (QED) is 0.292. The molecule has 296 valence electrons. The Hall–Kier alpha value is -4.81. The molecule has 1 aromatic carbocycles. The van der Waals surface area contributed by atoms with Crippen molar-refractivity contribution < 1.29 is 51.4 Å². The number of nitrogens with zero attached hydrogens (tertiary/aromatic N) is 3. The Bertz CT molecular complexity index is 2010. The van der Waals surface area contributed by atoms with E-state index in [1.807, 2.05) is 9.62 Å². The first-order valence-electron chi connectivity index (χ1n) is 18.3. The Kier molecular flexibility index (Phi) is 11.1. The molecule has 0 bridgehead atoms. The smallest absolute Gasteiger partial charge is 0.415 e. The van der Waals surface area contributed by atoms with Crippen molar-refractivity contribution >= 4 is 51.8 Å². The molecule has 1 saturated heterocycles. The number of carbonyl (C=O) groups excluding carboxylic acids is 5. The third-order valence-electron chi connectivity index (χ3n) is 10.4. The molecule has 0 aromatic heterocycles. The van der Waals surface area contributed by atoms with E-state index in [9.17, 15) is 42.3 Å². The lowest BCUT2D eigenvalue weighted by Crippen LogP contribution is -2.52. The number of allylic oxidation sites excluding steroid dienone is 3. The van der Waals surface area contributed by atoms with Gasteiger partial charge in [-0.1, -0.05) is 18.7 Å². The number of carbonyl (C=O) groups is 6. The average Bonchev–Trinajstić information content (AvgIpc) is 4.02. The number of carboxylic acid groups (broad SMARTS) is 1. The minimum absolute atomic E-state index is 0.0149. The number of imide groups is 1. The summed E-state index contributed by atoms with van der Waals surface area (Å²) in [5, 5.41) is 14.7. The number of amides is 4. The molecule has 1 unspecified atom stereocenters. The van der Waals surface area contributed by atoms with Crippen molar-refractivity contribution in [3.05, 3.63) is 58.6 Å². The highest BCUT2D eigenvalue weighted by Crippen LogP contribution is 2.43. The van der Waals surface area contributed by atoms with Crippen LogP contribution >= 0.6 is 0 Å². The second kappa shape index (κ2) is 15.4. The van der Waals surface area contributed by atoms with Crippen LogP contribution in [0.25, 0.3) is 0 Å². The van der Waals surface area contributed by atoms with E-state index in [0.717, 1.165) is 11.3 Å². The summed E-state index contributed by atoms with van der Waals surface area (Å²) in [6, 6.07) is -0.628. The monoisotopic (exact) mass is 784 g/mol. The van der Waals surface area contributed by atoms with Crippen LogP contribution in [0.1, 0.15) is 106 Å².